The van der Waals surface area contributed by atoms with Gasteiger partial charge < -0.3 is 47.7 Å². The van der Waals surface area contributed by atoms with Crippen LogP contribution in [0.5, 0.6) is 0 Å². The number of aliphatic hydroxyl groups excluding tert-OH is 1. The normalized spacial score (nSPS) is 11.7. The zero-order chi connectivity index (χ0) is 32.9. The van der Waals surface area contributed by atoms with Crippen molar-refractivity contribution in [3.05, 3.63) is 108 Å². The van der Waals surface area contributed by atoms with Crippen LogP contribution in [0.25, 0.3) is 0 Å². The van der Waals surface area contributed by atoms with Crippen LogP contribution in [0, 0.1) is 0 Å². The van der Waals surface area contributed by atoms with Gasteiger partial charge in [-0.25, -0.2) is 0 Å². The van der Waals surface area contributed by atoms with Gasteiger partial charge in [0.1, 0.15) is 5.60 Å². The lowest BCUT2D eigenvalue weighted by Crippen LogP contribution is -2.34. The molecule has 3 rings (SSSR count). The summed E-state index contributed by atoms with van der Waals surface area (Å²) in [6.45, 7) is 8.13. The van der Waals surface area contributed by atoms with Crippen molar-refractivity contribution in [1.82, 2.24) is 0 Å². The summed E-state index contributed by atoms with van der Waals surface area (Å²) in [4.78, 5) is 0. The Morgan fingerprint density at radius 1 is 0.319 bits per heavy atom. The standard InChI is InChI=1S/C37H52O10/c38-16-17-39-18-19-40-20-21-41-22-23-42-24-25-43-26-27-44-28-29-45-30-31-46-32-33-47-37(34-10-4-1-5-11-34,35-12-6-2-7-13-35)36-14-8-3-9-15-36/h1-15,38H,16-33H2. The van der Waals surface area contributed by atoms with Crippen LogP contribution in [0.15, 0.2) is 91.0 Å². The third-order valence-corrected chi connectivity index (χ3v) is 6.93. The van der Waals surface area contributed by atoms with Gasteiger partial charge in [-0.1, -0.05) is 91.0 Å². The maximum atomic E-state index is 8.60. The monoisotopic (exact) mass is 656 g/mol. The summed E-state index contributed by atoms with van der Waals surface area (Å²) < 4.78 is 50.6. The molecule has 47 heavy (non-hydrogen) atoms. The molecule has 0 fully saturated rings. The fourth-order valence-electron chi connectivity index (χ4n) is 4.73. The van der Waals surface area contributed by atoms with Crippen LogP contribution in [0.1, 0.15) is 16.7 Å². The summed E-state index contributed by atoms with van der Waals surface area (Å²) in [6, 6.07) is 31.0. The summed E-state index contributed by atoms with van der Waals surface area (Å²) in [6.07, 6.45) is 0. The van der Waals surface area contributed by atoms with Gasteiger partial charge in [0.15, 0.2) is 0 Å². The summed E-state index contributed by atoms with van der Waals surface area (Å²) in [5, 5.41) is 8.60. The molecule has 0 amide bonds. The first-order valence-corrected chi connectivity index (χ1v) is 16.4. The number of hydrogen-bond acceptors (Lipinski definition) is 10. The van der Waals surface area contributed by atoms with Crippen LogP contribution in [0.2, 0.25) is 0 Å². The SMILES string of the molecule is OCCOCCOCCOCCOCCOCCOCCOCCOCCOC(c1ccccc1)(c1ccccc1)c1ccccc1. The Hall–Kier alpha value is -2.74. The molecule has 1 N–H and O–H groups in total. The fourth-order valence-corrected chi connectivity index (χ4v) is 4.73. The quantitative estimate of drug-likeness (QED) is 0.0833. The molecular formula is C37H52O10. The number of rotatable bonds is 30. The van der Waals surface area contributed by atoms with Crippen molar-refractivity contribution >= 4 is 0 Å². The van der Waals surface area contributed by atoms with Gasteiger partial charge in [-0.3, -0.25) is 0 Å². The minimum atomic E-state index is -0.749. The zero-order valence-corrected chi connectivity index (χ0v) is 27.5. The number of hydrogen-bond donors (Lipinski definition) is 1. The highest BCUT2D eigenvalue weighted by molar-refractivity contribution is 5.47. The molecule has 0 aliphatic rings. The second-order valence-corrected chi connectivity index (χ2v) is 10.3. The minimum Gasteiger partial charge on any atom is -0.394 e. The van der Waals surface area contributed by atoms with Crippen LogP contribution >= 0.6 is 0 Å². The van der Waals surface area contributed by atoms with E-state index in [1.54, 1.807) is 0 Å². The van der Waals surface area contributed by atoms with Gasteiger partial charge >= 0.3 is 0 Å². The van der Waals surface area contributed by atoms with E-state index >= 15 is 0 Å². The maximum Gasteiger partial charge on any atom is 0.143 e. The van der Waals surface area contributed by atoms with Gasteiger partial charge in [0.05, 0.1) is 119 Å². The molecule has 260 valence electrons. The van der Waals surface area contributed by atoms with E-state index in [1.165, 1.54) is 0 Å². The third-order valence-electron chi connectivity index (χ3n) is 6.93. The molecule has 0 bridgehead atoms. The molecule has 10 heteroatoms. The molecule has 3 aromatic rings. The van der Waals surface area contributed by atoms with Gasteiger partial charge in [-0.2, -0.15) is 0 Å². The largest absolute Gasteiger partial charge is 0.394 e. The summed E-state index contributed by atoms with van der Waals surface area (Å²) in [5.74, 6) is 0. The van der Waals surface area contributed by atoms with E-state index in [0.29, 0.717) is 112 Å². The smallest absolute Gasteiger partial charge is 0.143 e. The molecule has 0 saturated heterocycles. The fraction of sp³-hybridized carbons (Fsp3) is 0.514. The molecule has 10 nitrogen and oxygen atoms in total. The summed E-state index contributed by atoms with van der Waals surface area (Å²) in [7, 11) is 0. The predicted molar refractivity (Wildman–Crippen MR) is 179 cm³/mol. The van der Waals surface area contributed by atoms with Gasteiger partial charge in [-0.05, 0) is 16.7 Å². The number of aliphatic hydroxyl groups is 1. The highest BCUT2D eigenvalue weighted by Crippen LogP contribution is 2.40. The van der Waals surface area contributed by atoms with Crippen molar-refractivity contribution in [2.45, 2.75) is 5.60 Å². The van der Waals surface area contributed by atoms with Gasteiger partial charge in [0.25, 0.3) is 0 Å². The Morgan fingerprint density at radius 3 is 0.809 bits per heavy atom. The van der Waals surface area contributed by atoms with Crippen molar-refractivity contribution in [2.24, 2.45) is 0 Å². The van der Waals surface area contributed by atoms with E-state index in [-0.39, 0.29) is 6.61 Å². The molecule has 0 unspecified atom stereocenters. The maximum absolute atomic E-state index is 8.60. The Labute approximate surface area is 279 Å². The van der Waals surface area contributed by atoms with E-state index < -0.39 is 5.60 Å². The number of ether oxygens (including phenoxy) is 9. The van der Waals surface area contributed by atoms with E-state index in [1.807, 2.05) is 54.6 Å². The first-order valence-electron chi connectivity index (χ1n) is 16.4. The first-order chi connectivity index (χ1) is 23.4. The zero-order valence-electron chi connectivity index (χ0n) is 27.5. The van der Waals surface area contributed by atoms with E-state index in [4.69, 9.17) is 47.7 Å². The Morgan fingerprint density at radius 2 is 0.553 bits per heavy atom. The lowest BCUT2D eigenvalue weighted by atomic mass is 9.80. The lowest BCUT2D eigenvalue weighted by molar-refractivity contribution is -0.0398. The van der Waals surface area contributed by atoms with Crippen molar-refractivity contribution < 1.29 is 47.7 Å². The van der Waals surface area contributed by atoms with Gasteiger partial charge in [0.2, 0.25) is 0 Å². The first kappa shape index (κ1) is 38.7. The van der Waals surface area contributed by atoms with Crippen LogP contribution in [-0.4, -0.2) is 124 Å². The molecular weight excluding hydrogens is 604 g/mol. The molecule has 0 aliphatic carbocycles. The van der Waals surface area contributed by atoms with Crippen molar-refractivity contribution in [3.63, 3.8) is 0 Å². The van der Waals surface area contributed by atoms with Crippen LogP contribution in [0.3, 0.4) is 0 Å². The lowest BCUT2D eigenvalue weighted by Gasteiger charge is -2.36. The van der Waals surface area contributed by atoms with E-state index in [2.05, 4.69) is 36.4 Å². The predicted octanol–water partition coefficient (Wildman–Crippen LogP) is 4.12. The summed E-state index contributed by atoms with van der Waals surface area (Å²) >= 11 is 0. The molecule has 0 heterocycles. The molecule has 0 aliphatic heterocycles. The number of benzene rings is 3. The average Bonchev–Trinajstić information content (AvgIpc) is 3.12. The highest BCUT2D eigenvalue weighted by Gasteiger charge is 2.37. The molecule has 0 atom stereocenters. The molecule has 0 radical (unpaired) electrons. The second kappa shape index (κ2) is 26.2. The molecule has 0 saturated carbocycles. The van der Waals surface area contributed by atoms with Gasteiger partial charge in [0, 0.05) is 0 Å². The van der Waals surface area contributed by atoms with E-state index in [9.17, 15) is 0 Å². The van der Waals surface area contributed by atoms with Crippen LogP contribution in [-0.2, 0) is 48.2 Å². The Bertz CT molecular complexity index is 1010. The van der Waals surface area contributed by atoms with Gasteiger partial charge in [-0.15, -0.1) is 0 Å². The van der Waals surface area contributed by atoms with Crippen LogP contribution in [0.4, 0.5) is 0 Å². The Kier molecular flexibility index (Phi) is 21.6. The van der Waals surface area contributed by atoms with Crippen LogP contribution < -0.4 is 0 Å². The van der Waals surface area contributed by atoms with Crippen molar-refractivity contribution in [2.75, 3.05) is 119 Å². The summed E-state index contributed by atoms with van der Waals surface area (Å²) in [5.41, 5.74) is 2.45. The second-order valence-electron chi connectivity index (χ2n) is 10.3. The Balaban J connectivity index is 1.16. The minimum absolute atomic E-state index is 0.0246. The topological polar surface area (TPSA) is 103 Å². The molecule has 0 aromatic heterocycles. The molecule has 3 aromatic carbocycles. The highest BCUT2D eigenvalue weighted by atomic mass is 16.6. The van der Waals surface area contributed by atoms with Crippen molar-refractivity contribution in [3.8, 4) is 0 Å². The third kappa shape index (κ3) is 15.8. The van der Waals surface area contributed by atoms with Crippen molar-refractivity contribution in [1.29, 1.82) is 0 Å². The van der Waals surface area contributed by atoms with E-state index in [0.717, 1.165) is 16.7 Å². The average molecular weight is 657 g/mol. The molecule has 0 spiro atoms.